The second-order valence-electron chi connectivity index (χ2n) is 6.04. The molecule has 10 heteroatoms. The molecule has 1 fully saturated rings. The number of rotatable bonds is 6. The third-order valence-electron chi connectivity index (χ3n) is 4.26. The molecule has 25 heavy (non-hydrogen) atoms. The lowest BCUT2D eigenvalue weighted by atomic mass is 10.1. The van der Waals surface area contributed by atoms with E-state index in [9.17, 15) is 15.0 Å². The quantitative estimate of drug-likeness (QED) is 0.536. The minimum Gasteiger partial charge on any atom is -0.387 e. The maximum absolute atomic E-state index is 11.7. The van der Waals surface area contributed by atoms with Crippen LogP contribution in [0.25, 0.3) is 11.2 Å². The Labute approximate surface area is 144 Å². The van der Waals surface area contributed by atoms with Gasteiger partial charge in [-0.05, 0) is 6.42 Å². The van der Waals surface area contributed by atoms with Crippen LogP contribution in [0.15, 0.2) is 12.7 Å². The summed E-state index contributed by atoms with van der Waals surface area (Å²) in [4.78, 5) is 23.8. The Morgan fingerprint density at radius 1 is 1.36 bits per heavy atom. The fourth-order valence-electron chi connectivity index (χ4n) is 2.82. The van der Waals surface area contributed by atoms with E-state index in [0.29, 0.717) is 17.6 Å². The van der Waals surface area contributed by atoms with Crippen molar-refractivity contribution >= 4 is 22.9 Å². The first kappa shape index (κ1) is 17.5. The molecule has 3 heterocycles. The van der Waals surface area contributed by atoms with Gasteiger partial charge in [0, 0.05) is 13.0 Å². The van der Waals surface area contributed by atoms with Crippen LogP contribution in [0.1, 0.15) is 32.4 Å². The first-order valence-electron chi connectivity index (χ1n) is 8.24. The van der Waals surface area contributed by atoms with Gasteiger partial charge in [-0.15, -0.1) is 0 Å². The Hall–Kier alpha value is -2.30. The number of nitrogens with zero attached hydrogens (tertiary/aromatic N) is 4. The zero-order valence-corrected chi connectivity index (χ0v) is 13.9. The molecule has 0 saturated carbocycles. The molecular weight excluding hydrogens is 328 g/mol. The van der Waals surface area contributed by atoms with Crippen LogP contribution < -0.4 is 11.1 Å². The summed E-state index contributed by atoms with van der Waals surface area (Å²) in [6.45, 7) is 2.12. The van der Waals surface area contributed by atoms with E-state index in [1.54, 1.807) is 0 Å². The number of nitrogen functional groups attached to an aromatic ring is 1. The molecule has 0 aliphatic carbocycles. The number of fused-ring (bicyclic) bond motifs is 1. The lowest BCUT2D eigenvalue weighted by Gasteiger charge is -2.16. The fraction of sp³-hybridized carbons (Fsp3) is 0.600. The van der Waals surface area contributed by atoms with Crippen LogP contribution in [-0.4, -0.2) is 60.5 Å². The number of nitrogens with two attached hydrogens (primary N) is 1. The van der Waals surface area contributed by atoms with E-state index in [4.69, 9.17) is 10.5 Å². The highest BCUT2D eigenvalue weighted by atomic mass is 16.6. The summed E-state index contributed by atoms with van der Waals surface area (Å²) in [6.07, 6.45) is 0.918. The fourth-order valence-corrected chi connectivity index (χ4v) is 2.82. The smallest absolute Gasteiger partial charge is 0.220 e. The topological polar surface area (TPSA) is 148 Å². The summed E-state index contributed by atoms with van der Waals surface area (Å²) in [6, 6.07) is 0. The summed E-state index contributed by atoms with van der Waals surface area (Å²) in [5.41, 5.74) is 6.54. The Kier molecular flexibility index (Phi) is 5.11. The van der Waals surface area contributed by atoms with Crippen molar-refractivity contribution in [3.05, 3.63) is 12.7 Å². The van der Waals surface area contributed by atoms with Crippen molar-refractivity contribution in [3.8, 4) is 0 Å². The van der Waals surface area contributed by atoms with Gasteiger partial charge in [-0.2, -0.15) is 0 Å². The van der Waals surface area contributed by atoms with Crippen LogP contribution in [0.4, 0.5) is 5.82 Å². The molecule has 136 valence electrons. The zero-order chi connectivity index (χ0) is 18.0. The van der Waals surface area contributed by atoms with Gasteiger partial charge in [-0.3, -0.25) is 9.36 Å². The van der Waals surface area contributed by atoms with Gasteiger partial charge in [-0.25, -0.2) is 15.0 Å². The molecule has 2 aromatic heterocycles. The van der Waals surface area contributed by atoms with Crippen molar-refractivity contribution in [1.82, 2.24) is 24.8 Å². The standard InChI is InChI=1S/C15H22N6O4/c1-2-3-4-9(22)17-5-8-11(23)12(24)15(25-8)21-7-20-10-13(16)18-6-19-14(10)21/h6-8,11-12,15,23-24H,2-5H2,1H3,(H,17,22)(H2,16,18,19)/t8-,11-,12-,15-/m1/s1. The van der Waals surface area contributed by atoms with Gasteiger partial charge in [0.1, 0.15) is 30.2 Å². The van der Waals surface area contributed by atoms with Crippen LogP contribution in [0.5, 0.6) is 0 Å². The van der Waals surface area contributed by atoms with Crippen molar-refractivity contribution in [1.29, 1.82) is 0 Å². The molecule has 0 unspecified atom stereocenters. The number of hydrogen-bond acceptors (Lipinski definition) is 8. The van der Waals surface area contributed by atoms with Crippen molar-refractivity contribution in [2.75, 3.05) is 12.3 Å². The van der Waals surface area contributed by atoms with Crippen LogP contribution >= 0.6 is 0 Å². The van der Waals surface area contributed by atoms with Gasteiger partial charge in [0.2, 0.25) is 5.91 Å². The van der Waals surface area contributed by atoms with Crippen molar-refractivity contribution < 1.29 is 19.7 Å². The lowest BCUT2D eigenvalue weighted by Crippen LogP contribution is -2.39. The predicted octanol–water partition coefficient (Wildman–Crippen LogP) is -0.666. The number of carbonyl (C=O) groups is 1. The number of aliphatic hydroxyl groups excluding tert-OH is 2. The average molecular weight is 350 g/mol. The summed E-state index contributed by atoms with van der Waals surface area (Å²) in [5.74, 6) is 0.112. The van der Waals surface area contributed by atoms with Crippen molar-refractivity contribution in [3.63, 3.8) is 0 Å². The number of ether oxygens (including phenoxy) is 1. The summed E-state index contributed by atoms with van der Waals surface area (Å²) < 4.78 is 7.24. The Morgan fingerprint density at radius 2 is 2.16 bits per heavy atom. The third kappa shape index (κ3) is 3.41. The summed E-state index contributed by atoms with van der Waals surface area (Å²) in [5, 5.41) is 23.3. The molecule has 1 aliphatic heterocycles. The summed E-state index contributed by atoms with van der Waals surface area (Å²) >= 11 is 0. The molecule has 1 amide bonds. The second kappa shape index (κ2) is 7.30. The van der Waals surface area contributed by atoms with Gasteiger partial charge in [0.15, 0.2) is 17.7 Å². The number of aliphatic hydroxyl groups is 2. The normalized spacial score (nSPS) is 26.2. The average Bonchev–Trinajstić information content (AvgIpc) is 3.15. The van der Waals surface area contributed by atoms with Gasteiger partial charge in [0.05, 0.1) is 6.33 Å². The van der Waals surface area contributed by atoms with Crippen LogP contribution in [0, 0.1) is 0 Å². The van der Waals surface area contributed by atoms with E-state index < -0.39 is 24.5 Å². The van der Waals surface area contributed by atoms with Crippen molar-refractivity contribution in [2.24, 2.45) is 0 Å². The minimum absolute atomic E-state index is 0.107. The first-order chi connectivity index (χ1) is 12.0. The molecule has 5 N–H and O–H groups in total. The second-order valence-corrected chi connectivity index (χ2v) is 6.04. The summed E-state index contributed by atoms with van der Waals surface area (Å²) in [7, 11) is 0. The number of unbranched alkanes of at least 4 members (excludes halogenated alkanes) is 1. The number of carbonyl (C=O) groups excluding carboxylic acids is 1. The van der Waals surface area contributed by atoms with Crippen LogP contribution in [0.2, 0.25) is 0 Å². The Balaban J connectivity index is 1.71. The number of nitrogens with one attached hydrogen (secondary N) is 1. The van der Waals surface area contributed by atoms with E-state index in [1.807, 2.05) is 6.92 Å². The Morgan fingerprint density at radius 3 is 2.92 bits per heavy atom. The monoisotopic (exact) mass is 350 g/mol. The van der Waals surface area contributed by atoms with Crippen LogP contribution in [-0.2, 0) is 9.53 Å². The molecule has 2 aromatic rings. The maximum Gasteiger partial charge on any atom is 0.220 e. The van der Waals surface area contributed by atoms with Gasteiger partial charge in [0.25, 0.3) is 0 Å². The number of anilines is 1. The lowest BCUT2D eigenvalue weighted by molar-refractivity contribution is -0.122. The molecule has 1 aliphatic rings. The number of aromatic nitrogens is 4. The predicted molar refractivity (Wildman–Crippen MR) is 88.2 cm³/mol. The highest BCUT2D eigenvalue weighted by Gasteiger charge is 2.44. The highest BCUT2D eigenvalue weighted by molar-refractivity contribution is 5.81. The molecule has 1 saturated heterocycles. The van der Waals surface area contributed by atoms with Gasteiger partial charge in [-0.1, -0.05) is 13.3 Å². The van der Waals surface area contributed by atoms with Gasteiger partial charge >= 0.3 is 0 Å². The van der Waals surface area contributed by atoms with E-state index in [2.05, 4.69) is 20.3 Å². The highest BCUT2D eigenvalue weighted by Crippen LogP contribution is 2.31. The molecule has 0 bridgehead atoms. The first-order valence-corrected chi connectivity index (χ1v) is 8.24. The molecular formula is C15H22N6O4. The number of amides is 1. The Bertz CT molecular complexity index is 751. The van der Waals surface area contributed by atoms with Gasteiger partial charge < -0.3 is 26.0 Å². The van der Waals surface area contributed by atoms with E-state index in [-0.39, 0.29) is 18.3 Å². The minimum atomic E-state index is -1.19. The molecule has 0 aromatic carbocycles. The van der Waals surface area contributed by atoms with Crippen LogP contribution in [0.3, 0.4) is 0 Å². The molecule has 0 spiro atoms. The van der Waals surface area contributed by atoms with E-state index in [1.165, 1.54) is 17.2 Å². The number of hydrogen-bond donors (Lipinski definition) is 4. The van der Waals surface area contributed by atoms with Crippen molar-refractivity contribution in [2.45, 2.75) is 50.7 Å². The van der Waals surface area contributed by atoms with E-state index in [0.717, 1.165) is 12.8 Å². The molecule has 3 rings (SSSR count). The third-order valence-corrected chi connectivity index (χ3v) is 4.26. The number of imidazole rings is 1. The largest absolute Gasteiger partial charge is 0.387 e. The zero-order valence-electron chi connectivity index (χ0n) is 13.9. The molecule has 4 atom stereocenters. The molecule has 0 radical (unpaired) electrons. The molecule has 10 nitrogen and oxygen atoms in total. The maximum atomic E-state index is 11.7. The SMILES string of the molecule is CCCCC(=O)NC[C@H]1O[C@@H](n2cnc3c(N)ncnc32)[C@H](O)[C@@H]1O. The van der Waals surface area contributed by atoms with E-state index >= 15 is 0 Å².